The zero-order valence-corrected chi connectivity index (χ0v) is 19.5. The van der Waals surface area contributed by atoms with Crippen molar-refractivity contribution in [1.82, 2.24) is 0 Å². The zero-order valence-electron chi connectivity index (χ0n) is 19.5. The summed E-state index contributed by atoms with van der Waals surface area (Å²) in [6, 6.07) is 12.0. The quantitative estimate of drug-likeness (QED) is 0.404. The number of aliphatic hydroxyl groups is 1. The van der Waals surface area contributed by atoms with Gasteiger partial charge in [-0.1, -0.05) is 82.7 Å². The number of aliphatic hydroxyl groups excluding tert-OH is 1. The summed E-state index contributed by atoms with van der Waals surface area (Å²) in [5, 5.41) is 8.50. The fraction of sp³-hybridized carbons (Fsp3) is 0.565. The van der Waals surface area contributed by atoms with Crippen LogP contribution in [0, 0.1) is 0 Å². The van der Waals surface area contributed by atoms with Gasteiger partial charge < -0.3 is 21.3 Å². The van der Waals surface area contributed by atoms with E-state index in [0.29, 0.717) is 6.61 Å². The van der Waals surface area contributed by atoms with Crippen LogP contribution in [0.5, 0.6) is 0 Å². The largest absolute Gasteiger partial charge is 0.481 e. The molecule has 0 heterocycles. The van der Waals surface area contributed by atoms with Crippen molar-refractivity contribution < 1.29 is 9.84 Å². The fourth-order valence-electron chi connectivity index (χ4n) is 1.05. The third-order valence-electron chi connectivity index (χ3n) is 2.24. The van der Waals surface area contributed by atoms with E-state index in [1.807, 2.05) is 77.9 Å². The van der Waals surface area contributed by atoms with E-state index in [4.69, 9.17) is 10.8 Å². The molecule has 4 nitrogen and oxygen atoms in total. The summed E-state index contributed by atoms with van der Waals surface area (Å²) in [4.78, 5) is 0. The van der Waals surface area contributed by atoms with Crippen molar-refractivity contribution in [3.63, 3.8) is 0 Å². The molecular formula is C23H48N2O2. The standard InChI is InChI=1S/C6H6.C5H10O2.C5H8.C2H7N.2C2H6.CH5N/c1-2-4-6-5-3-1;1-3-5(6)7-4-2;1-5-3-2-4-5;1-2-3;3*1-2/h1-6H;3,6H,4H2,1-2H3;3H,2,4H2,1H3;2-3H2,1H3;2*1-2H3;2H2,1H3/b;5-3+;;;;;. The highest BCUT2D eigenvalue weighted by Crippen LogP contribution is 2.14. The molecule has 0 saturated carbocycles. The van der Waals surface area contributed by atoms with Crippen molar-refractivity contribution >= 4 is 0 Å². The molecular weight excluding hydrogens is 336 g/mol. The molecule has 0 saturated heterocycles. The Morgan fingerprint density at radius 2 is 1.26 bits per heavy atom. The van der Waals surface area contributed by atoms with Crippen molar-refractivity contribution in [3.8, 4) is 0 Å². The van der Waals surface area contributed by atoms with E-state index in [0.717, 1.165) is 6.54 Å². The van der Waals surface area contributed by atoms with Crippen LogP contribution >= 0.6 is 0 Å². The third-order valence-corrected chi connectivity index (χ3v) is 2.24. The highest BCUT2D eigenvalue weighted by Gasteiger charge is 1.94. The number of hydrogen-bond acceptors (Lipinski definition) is 4. The first-order chi connectivity index (χ1) is 13.1. The van der Waals surface area contributed by atoms with E-state index in [-0.39, 0.29) is 5.95 Å². The van der Waals surface area contributed by atoms with Crippen LogP contribution < -0.4 is 11.5 Å². The molecule has 1 aliphatic rings. The normalized spacial score (nSPS) is 9.89. The van der Waals surface area contributed by atoms with Crippen molar-refractivity contribution in [2.75, 3.05) is 20.2 Å². The first-order valence-electron chi connectivity index (χ1n) is 10.0. The van der Waals surface area contributed by atoms with Crippen molar-refractivity contribution in [2.45, 2.75) is 68.2 Å². The molecule has 0 radical (unpaired) electrons. The topological polar surface area (TPSA) is 81.5 Å². The zero-order chi connectivity index (χ0) is 22.3. The Labute approximate surface area is 170 Å². The van der Waals surface area contributed by atoms with Gasteiger partial charge in [0.25, 0.3) is 5.95 Å². The van der Waals surface area contributed by atoms with E-state index < -0.39 is 0 Å². The summed E-state index contributed by atoms with van der Waals surface area (Å²) >= 11 is 0. The first-order valence-corrected chi connectivity index (χ1v) is 10.0. The van der Waals surface area contributed by atoms with Gasteiger partial charge in [0.1, 0.15) is 0 Å². The maximum absolute atomic E-state index is 8.50. The average molecular weight is 385 g/mol. The van der Waals surface area contributed by atoms with E-state index in [1.54, 1.807) is 12.5 Å². The monoisotopic (exact) mass is 384 g/mol. The van der Waals surface area contributed by atoms with Gasteiger partial charge in [-0.3, -0.25) is 0 Å². The SMILES string of the molecule is C/C=C(\O)OCC.CC.CC.CC1=CCC1.CCN.CN.c1ccccc1. The number of hydrogen-bond donors (Lipinski definition) is 3. The smallest absolute Gasteiger partial charge is 0.272 e. The second-order valence-electron chi connectivity index (χ2n) is 4.21. The number of benzene rings is 1. The van der Waals surface area contributed by atoms with Crippen LogP contribution in [0.2, 0.25) is 0 Å². The molecule has 162 valence electrons. The van der Waals surface area contributed by atoms with Gasteiger partial charge in [-0.25, -0.2) is 0 Å². The van der Waals surface area contributed by atoms with Crippen molar-refractivity contribution in [1.29, 1.82) is 0 Å². The summed E-state index contributed by atoms with van der Waals surface area (Å²) in [6.07, 6.45) is 6.44. The molecule has 27 heavy (non-hydrogen) atoms. The molecule has 0 unspecified atom stereocenters. The molecule has 4 heteroatoms. The van der Waals surface area contributed by atoms with Crippen LogP contribution in [-0.4, -0.2) is 25.3 Å². The molecule has 2 rings (SSSR count). The van der Waals surface area contributed by atoms with Crippen LogP contribution in [0.4, 0.5) is 0 Å². The Balaban J connectivity index is -0.0000000745. The Bertz CT molecular complexity index is 337. The van der Waals surface area contributed by atoms with Gasteiger partial charge in [0.15, 0.2) is 0 Å². The van der Waals surface area contributed by atoms with E-state index >= 15 is 0 Å². The van der Waals surface area contributed by atoms with E-state index in [1.165, 1.54) is 26.0 Å². The van der Waals surface area contributed by atoms with Gasteiger partial charge >= 0.3 is 0 Å². The van der Waals surface area contributed by atoms with Gasteiger partial charge in [0, 0.05) is 0 Å². The van der Waals surface area contributed by atoms with Crippen molar-refractivity contribution in [2.24, 2.45) is 11.5 Å². The second-order valence-corrected chi connectivity index (χ2v) is 4.21. The molecule has 0 aliphatic heterocycles. The molecule has 0 bridgehead atoms. The minimum absolute atomic E-state index is 0.00231. The van der Waals surface area contributed by atoms with Gasteiger partial charge in [-0.2, -0.15) is 0 Å². The van der Waals surface area contributed by atoms with Gasteiger partial charge in [0.2, 0.25) is 0 Å². The highest BCUT2D eigenvalue weighted by molar-refractivity contribution is 5.07. The maximum atomic E-state index is 8.50. The predicted molar refractivity (Wildman–Crippen MR) is 125 cm³/mol. The molecule has 0 spiro atoms. The lowest BCUT2D eigenvalue weighted by molar-refractivity contribution is 0.102. The lowest BCUT2D eigenvalue weighted by Crippen LogP contribution is -1.87. The highest BCUT2D eigenvalue weighted by atomic mass is 16.6. The van der Waals surface area contributed by atoms with Crippen LogP contribution in [-0.2, 0) is 4.74 Å². The van der Waals surface area contributed by atoms with Gasteiger partial charge in [0.05, 0.1) is 6.61 Å². The average Bonchev–Trinajstić information content (AvgIpc) is 2.74. The second kappa shape index (κ2) is 44.0. The Morgan fingerprint density at radius 1 is 1.00 bits per heavy atom. The summed E-state index contributed by atoms with van der Waals surface area (Å²) in [5.74, 6) is 0.00231. The Kier molecular flexibility index (Phi) is 59.0. The minimum Gasteiger partial charge on any atom is -0.481 e. The number of ether oxygens (including phenoxy) is 1. The van der Waals surface area contributed by atoms with E-state index in [2.05, 4.69) is 23.5 Å². The Morgan fingerprint density at radius 3 is 1.33 bits per heavy atom. The maximum Gasteiger partial charge on any atom is 0.272 e. The summed E-state index contributed by atoms with van der Waals surface area (Å²) in [5.41, 5.74) is 10.9. The first kappa shape index (κ1) is 36.2. The number of nitrogens with two attached hydrogens (primary N) is 2. The molecule has 1 aromatic rings. The van der Waals surface area contributed by atoms with Crippen LogP contribution in [0.1, 0.15) is 68.2 Å². The molecule has 0 fully saturated rings. The molecule has 5 N–H and O–H groups in total. The minimum atomic E-state index is 0.00231. The molecule has 0 aromatic heterocycles. The predicted octanol–water partition coefficient (Wildman–Crippen LogP) is 6.45. The van der Waals surface area contributed by atoms with E-state index in [9.17, 15) is 0 Å². The summed E-state index contributed by atoms with van der Waals surface area (Å²) < 4.78 is 4.61. The van der Waals surface area contributed by atoms with Crippen LogP contribution in [0.15, 0.2) is 60.1 Å². The van der Waals surface area contributed by atoms with Crippen molar-refractivity contribution in [3.05, 3.63) is 60.1 Å². The van der Waals surface area contributed by atoms with Crippen LogP contribution in [0.3, 0.4) is 0 Å². The number of allylic oxidation sites excluding steroid dienone is 3. The molecule has 1 aromatic carbocycles. The fourth-order valence-corrected chi connectivity index (χ4v) is 1.05. The lowest BCUT2D eigenvalue weighted by Gasteiger charge is -2.05. The molecule has 1 aliphatic carbocycles. The Hall–Kier alpha value is -1.78. The van der Waals surface area contributed by atoms with Crippen LogP contribution in [0.25, 0.3) is 0 Å². The molecule has 0 amide bonds. The lowest BCUT2D eigenvalue weighted by atomic mass is 10.0. The van der Waals surface area contributed by atoms with Gasteiger partial charge in [-0.15, -0.1) is 0 Å². The summed E-state index contributed by atoms with van der Waals surface area (Å²) in [7, 11) is 1.50. The van der Waals surface area contributed by atoms with Gasteiger partial charge in [-0.05, 0) is 53.3 Å². The summed E-state index contributed by atoms with van der Waals surface area (Å²) in [6.45, 7) is 16.9. The third kappa shape index (κ3) is 51.6. The molecule has 0 atom stereocenters. The number of rotatable bonds is 2.